The van der Waals surface area contributed by atoms with Gasteiger partial charge < -0.3 is 14.2 Å². The lowest BCUT2D eigenvalue weighted by Crippen LogP contribution is -2.29. The summed E-state index contributed by atoms with van der Waals surface area (Å²) in [7, 11) is 0. The second kappa shape index (κ2) is 54.4. The molecule has 0 saturated heterocycles. The summed E-state index contributed by atoms with van der Waals surface area (Å²) in [6.45, 7) is 7.59. The van der Waals surface area contributed by atoms with E-state index in [1.54, 1.807) is 0 Å². The lowest BCUT2D eigenvalue weighted by atomic mass is 10.1. The Morgan fingerprint density at radius 2 is 0.750 bits per heavy atom. The van der Waals surface area contributed by atoms with Gasteiger partial charge in [-0.05, 0) is 96.3 Å². The highest BCUT2D eigenvalue weighted by Crippen LogP contribution is 2.14. The van der Waals surface area contributed by atoms with Crippen LogP contribution in [0.1, 0.15) is 252 Å². The number of ether oxygens (including phenoxy) is 3. The van der Waals surface area contributed by atoms with Crippen molar-refractivity contribution in [2.75, 3.05) is 19.8 Å². The Labute approximate surface area is 397 Å². The Kier molecular flexibility index (Phi) is 51.9. The zero-order valence-corrected chi connectivity index (χ0v) is 42.3. The van der Waals surface area contributed by atoms with Crippen LogP contribution in [0.4, 0.5) is 0 Å². The first kappa shape index (κ1) is 61.1. The van der Waals surface area contributed by atoms with Gasteiger partial charge in [0, 0.05) is 13.0 Å². The van der Waals surface area contributed by atoms with Crippen molar-refractivity contribution >= 4 is 11.9 Å². The van der Waals surface area contributed by atoms with E-state index in [1.165, 1.54) is 154 Å². The Morgan fingerprint density at radius 1 is 0.375 bits per heavy atom. The zero-order chi connectivity index (χ0) is 46.3. The number of rotatable bonds is 49. The molecule has 0 aromatic carbocycles. The highest BCUT2D eigenvalue weighted by molar-refractivity contribution is 5.71. The van der Waals surface area contributed by atoms with Crippen molar-refractivity contribution in [3.8, 4) is 0 Å². The van der Waals surface area contributed by atoms with Crippen LogP contribution in [0.25, 0.3) is 0 Å². The average Bonchev–Trinajstić information content (AvgIpc) is 3.30. The van der Waals surface area contributed by atoms with Gasteiger partial charge in [-0.3, -0.25) is 9.59 Å². The molecule has 0 aromatic rings. The van der Waals surface area contributed by atoms with Crippen LogP contribution in [0.3, 0.4) is 0 Å². The fraction of sp³-hybridized carbons (Fsp3) is 0.729. The summed E-state index contributed by atoms with van der Waals surface area (Å²) < 4.78 is 17.3. The molecule has 0 heterocycles. The molecule has 0 saturated carbocycles. The lowest BCUT2D eigenvalue weighted by molar-refractivity contribution is -0.162. The van der Waals surface area contributed by atoms with E-state index in [4.69, 9.17) is 14.2 Å². The van der Waals surface area contributed by atoms with E-state index < -0.39 is 6.10 Å². The van der Waals surface area contributed by atoms with Crippen LogP contribution in [0.5, 0.6) is 0 Å². The van der Waals surface area contributed by atoms with Gasteiger partial charge >= 0.3 is 11.9 Å². The van der Waals surface area contributed by atoms with Crippen molar-refractivity contribution < 1.29 is 23.8 Å². The molecule has 0 fully saturated rings. The number of carbonyl (C=O) groups is 2. The predicted molar refractivity (Wildman–Crippen MR) is 279 cm³/mol. The quantitative estimate of drug-likeness (QED) is 0.0346. The van der Waals surface area contributed by atoms with Gasteiger partial charge in [-0.1, -0.05) is 228 Å². The Morgan fingerprint density at radius 3 is 1.20 bits per heavy atom. The van der Waals surface area contributed by atoms with Crippen LogP contribution in [0, 0.1) is 0 Å². The maximum absolute atomic E-state index is 12.8. The highest BCUT2D eigenvalue weighted by Gasteiger charge is 2.17. The third-order valence-electron chi connectivity index (χ3n) is 11.4. The minimum Gasteiger partial charge on any atom is -0.462 e. The van der Waals surface area contributed by atoms with Crippen LogP contribution in [-0.4, -0.2) is 37.9 Å². The smallest absolute Gasteiger partial charge is 0.310 e. The molecule has 0 spiro atoms. The van der Waals surface area contributed by atoms with Gasteiger partial charge in [0.2, 0.25) is 0 Å². The van der Waals surface area contributed by atoms with E-state index in [0.717, 1.165) is 64.2 Å². The van der Waals surface area contributed by atoms with Crippen molar-refractivity contribution in [1.82, 2.24) is 0 Å². The van der Waals surface area contributed by atoms with Crippen molar-refractivity contribution in [3.05, 3.63) is 85.1 Å². The number of esters is 2. The third-order valence-corrected chi connectivity index (χ3v) is 11.4. The van der Waals surface area contributed by atoms with E-state index >= 15 is 0 Å². The minimum absolute atomic E-state index is 0.0400. The molecule has 5 nitrogen and oxygen atoms in total. The fourth-order valence-corrected chi connectivity index (χ4v) is 7.40. The second-order valence-corrected chi connectivity index (χ2v) is 17.8. The summed E-state index contributed by atoms with van der Waals surface area (Å²) in [5, 5.41) is 0. The van der Waals surface area contributed by atoms with Gasteiger partial charge in [0.25, 0.3) is 0 Å². The molecule has 0 radical (unpaired) electrons. The van der Waals surface area contributed by atoms with Crippen molar-refractivity contribution in [3.63, 3.8) is 0 Å². The molecule has 1 unspecified atom stereocenters. The summed E-state index contributed by atoms with van der Waals surface area (Å²) in [6, 6.07) is 0. The van der Waals surface area contributed by atoms with Crippen LogP contribution >= 0.6 is 0 Å². The molecule has 0 aliphatic rings. The molecule has 0 aliphatic heterocycles. The zero-order valence-electron chi connectivity index (χ0n) is 42.3. The van der Waals surface area contributed by atoms with E-state index in [1.807, 2.05) is 12.2 Å². The van der Waals surface area contributed by atoms with Crippen LogP contribution in [-0.2, 0) is 23.8 Å². The van der Waals surface area contributed by atoms with Crippen molar-refractivity contribution in [2.24, 2.45) is 0 Å². The van der Waals surface area contributed by atoms with Gasteiger partial charge in [-0.2, -0.15) is 0 Å². The molecule has 368 valence electrons. The highest BCUT2D eigenvalue weighted by atomic mass is 16.6. The van der Waals surface area contributed by atoms with Gasteiger partial charge in [0.1, 0.15) is 6.61 Å². The summed E-state index contributed by atoms with van der Waals surface area (Å²) in [5.41, 5.74) is 0. The summed E-state index contributed by atoms with van der Waals surface area (Å²) >= 11 is 0. The molecular formula is C59H102O5. The largest absolute Gasteiger partial charge is 0.462 e. The normalized spacial score (nSPS) is 12.9. The maximum atomic E-state index is 12.8. The Bertz CT molecular complexity index is 1190. The van der Waals surface area contributed by atoms with Gasteiger partial charge in [-0.25, -0.2) is 0 Å². The third kappa shape index (κ3) is 51.7. The molecule has 0 aliphatic carbocycles. The van der Waals surface area contributed by atoms with E-state index in [0.29, 0.717) is 13.0 Å². The Hall–Kier alpha value is -2.92. The molecule has 0 amide bonds. The van der Waals surface area contributed by atoms with Crippen LogP contribution in [0.15, 0.2) is 85.1 Å². The fourth-order valence-electron chi connectivity index (χ4n) is 7.40. The number of hydrogen-bond acceptors (Lipinski definition) is 5. The van der Waals surface area contributed by atoms with Crippen LogP contribution in [0.2, 0.25) is 0 Å². The van der Waals surface area contributed by atoms with E-state index in [9.17, 15) is 9.59 Å². The Balaban J connectivity index is 4.36. The molecule has 0 rings (SSSR count). The number of hydrogen-bond donors (Lipinski definition) is 0. The van der Waals surface area contributed by atoms with E-state index in [-0.39, 0.29) is 31.6 Å². The minimum atomic E-state index is -0.597. The average molecular weight is 891 g/mol. The summed E-state index contributed by atoms with van der Waals surface area (Å²) in [6.07, 6.45) is 71.9. The maximum Gasteiger partial charge on any atom is 0.310 e. The number of carbonyl (C=O) groups excluding carboxylic acids is 2. The van der Waals surface area contributed by atoms with E-state index in [2.05, 4.69) is 93.7 Å². The summed E-state index contributed by atoms with van der Waals surface area (Å²) in [4.78, 5) is 25.4. The van der Waals surface area contributed by atoms with Crippen molar-refractivity contribution in [2.45, 2.75) is 258 Å². The molecule has 1 atom stereocenters. The monoisotopic (exact) mass is 891 g/mol. The topological polar surface area (TPSA) is 61.8 Å². The van der Waals surface area contributed by atoms with Crippen molar-refractivity contribution in [1.29, 1.82) is 0 Å². The first-order valence-corrected chi connectivity index (χ1v) is 27.1. The SMILES string of the molecule is CC/C=C\C/C=C\C/C=C\C/C=C\C/C=C\CC(=O)OC(COCCCCCCCC/C=C\CCCCCC)COC(=O)CCCCCCCCCCC/C=C\CCCCCCCC. The second-order valence-electron chi connectivity index (χ2n) is 17.8. The van der Waals surface area contributed by atoms with Crippen LogP contribution < -0.4 is 0 Å². The van der Waals surface area contributed by atoms with Gasteiger partial charge in [-0.15, -0.1) is 0 Å². The molecule has 64 heavy (non-hydrogen) atoms. The number of unbranched alkanes of at least 4 members (excludes halogenated alkanes) is 25. The first-order valence-electron chi connectivity index (χ1n) is 27.1. The molecule has 5 heteroatoms. The van der Waals surface area contributed by atoms with Gasteiger partial charge in [0.05, 0.1) is 13.0 Å². The predicted octanol–water partition coefficient (Wildman–Crippen LogP) is 18.5. The summed E-state index contributed by atoms with van der Waals surface area (Å²) in [5.74, 6) is -0.546. The molecule has 0 N–H and O–H groups in total. The standard InChI is InChI=1S/C59H102O5/c1-4-7-10-13-16-19-22-25-28-29-30-31-33-34-37-40-43-46-49-52-58(60)63-56-57(55-62-54-51-48-45-42-39-36-27-24-21-18-15-12-9-6-3)64-59(61)53-50-47-44-41-38-35-32-26-23-20-17-14-11-8-5-2/h8,11,17,20-21,24-26,28,32,38,41,47,50,57H,4-7,9-10,12-16,18-19,22-23,27,29-31,33-37,39-40,42-46,48-49,51-56H2,1-3H3/b11-8-,20-17-,24-21-,28-25-,32-26-,41-38-,50-47-. The molecule has 0 bridgehead atoms. The number of allylic oxidation sites excluding steroid dienone is 13. The molecule has 0 aromatic heterocycles. The first-order chi connectivity index (χ1) is 31.6. The molecular weight excluding hydrogens is 789 g/mol. The lowest BCUT2D eigenvalue weighted by Gasteiger charge is -2.18. The van der Waals surface area contributed by atoms with Gasteiger partial charge in [0.15, 0.2) is 6.10 Å².